The van der Waals surface area contributed by atoms with Crippen LogP contribution in [0.25, 0.3) is 11.2 Å². The number of imidazole rings is 1. The number of aliphatic hydroxyl groups excluding tert-OH is 1. The second kappa shape index (κ2) is 11.6. The van der Waals surface area contributed by atoms with E-state index in [9.17, 15) is 14.5 Å². The topological polar surface area (TPSA) is 208 Å². The molecule has 0 bridgehead atoms. The third kappa shape index (κ3) is 6.19. The second-order valence-electron chi connectivity index (χ2n) is 9.79. The highest BCUT2D eigenvalue weighted by molar-refractivity contribution is 7.52. The van der Waals surface area contributed by atoms with E-state index in [-0.39, 0.29) is 29.3 Å². The molecule has 6 unspecified atom stereocenters. The molecule has 0 spiro atoms. The number of fused-ring (bicyclic) bond motifs is 1. The Morgan fingerprint density at radius 3 is 2.62 bits per heavy atom. The minimum Gasteiger partial charge on any atom is -0.479 e. The average molecular weight is 580 g/mol. The third-order valence-electron chi connectivity index (χ3n) is 6.11. The molecule has 3 heterocycles. The van der Waals surface area contributed by atoms with Crippen LogP contribution in [0.4, 0.5) is 5.95 Å². The van der Waals surface area contributed by atoms with Gasteiger partial charge in [-0.05, 0) is 39.8 Å². The lowest BCUT2D eigenvalue weighted by atomic mass is 9.93. The summed E-state index contributed by atoms with van der Waals surface area (Å²) in [5.74, 6) is -0.314. The molecule has 6 N–H and O–H groups in total. The molecule has 218 valence electrons. The number of carbonyl (C=O) groups is 1. The molecule has 1 fully saturated rings. The molecular formula is C24H34N7O8P. The van der Waals surface area contributed by atoms with E-state index in [0.29, 0.717) is 5.52 Å². The van der Waals surface area contributed by atoms with Gasteiger partial charge in [0.05, 0.1) is 31.7 Å². The lowest BCUT2D eigenvalue weighted by molar-refractivity contribution is -0.149. The van der Waals surface area contributed by atoms with Gasteiger partial charge in [-0.25, -0.2) is 9.55 Å². The van der Waals surface area contributed by atoms with Crippen LogP contribution in [0.2, 0.25) is 0 Å². The van der Waals surface area contributed by atoms with E-state index in [0.717, 1.165) is 0 Å². The first-order valence-corrected chi connectivity index (χ1v) is 14.0. The van der Waals surface area contributed by atoms with E-state index in [1.807, 2.05) is 0 Å². The maximum Gasteiger partial charge on any atom is 0.459 e. The average Bonchev–Trinajstić information content (AvgIpc) is 3.40. The summed E-state index contributed by atoms with van der Waals surface area (Å²) in [5.41, 5.74) is 11.6. The van der Waals surface area contributed by atoms with Gasteiger partial charge in [-0.2, -0.15) is 15.1 Å². The van der Waals surface area contributed by atoms with Crippen LogP contribution in [0.5, 0.6) is 11.6 Å². The highest BCUT2D eigenvalue weighted by Gasteiger charge is 2.53. The van der Waals surface area contributed by atoms with Crippen LogP contribution in [-0.4, -0.2) is 74.2 Å². The zero-order chi connectivity index (χ0) is 29.2. The number of benzene rings is 1. The Morgan fingerprint density at radius 1 is 1.27 bits per heavy atom. The summed E-state index contributed by atoms with van der Waals surface area (Å²) in [6, 6.07) is 7.24. The molecule has 0 saturated carbocycles. The Morgan fingerprint density at radius 2 is 1.98 bits per heavy atom. The molecule has 15 nitrogen and oxygen atoms in total. The Bertz CT molecular complexity index is 1390. The van der Waals surface area contributed by atoms with Crippen LogP contribution in [-0.2, 0) is 23.4 Å². The molecule has 40 heavy (non-hydrogen) atoms. The first-order chi connectivity index (χ1) is 18.8. The lowest BCUT2D eigenvalue weighted by Gasteiger charge is -2.28. The molecule has 0 amide bonds. The molecule has 0 aliphatic carbocycles. The van der Waals surface area contributed by atoms with Crippen molar-refractivity contribution in [2.45, 2.75) is 63.8 Å². The number of nitrogen functional groups attached to an aromatic ring is 1. The predicted molar refractivity (Wildman–Crippen MR) is 143 cm³/mol. The van der Waals surface area contributed by atoms with Gasteiger partial charge in [0.2, 0.25) is 11.8 Å². The van der Waals surface area contributed by atoms with Gasteiger partial charge in [-0.1, -0.05) is 18.2 Å². The number of esters is 1. The van der Waals surface area contributed by atoms with E-state index in [1.165, 1.54) is 24.9 Å². The fourth-order valence-corrected chi connectivity index (χ4v) is 5.66. The standard InChI is InChI=1S/C24H34N7O8P/c1-13(2)37-21(33)14(3)30-40(34,39-15-9-7-6-8-10-15)36-11-16-18(32)24(4,26)22(38-16)31-12-27-17-19(31)28-23(25)29-20(17)35-5/h6-10,12-14,16,18,22,32H,11,26H2,1-5H3,(H,30,34)(H2,25,28,29). The smallest absolute Gasteiger partial charge is 0.459 e. The Balaban J connectivity index is 1.56. The van der Waals surface area contributed by atoms with E-state index in [2.05, 4.69) is 20.0 Å². The van der Waals surface area contributed by atoms with E-state index in [1.54, 1.807) is 51.1 Å². The van der Waals surface area contributed by atoms with Crippen molar-refractivity contribution in [3.8, 4) is 11.6 Å². The van der Waals surface area contributed by atoms with Gasteiger partial charge in [0.15, 0.2) is 17.4 Å². The van der Waals surface area contributed by atoms with Gasteiger partial charge in [0, 0.05) is 0 Å². The van der Waals surface area contributed by atoms with Crippen molar-refractivity contribution in [3.63, 3.8) is 0 Å². The van der Waals surface area contributed by atoms with Gasteiger partial charge < -0.3 is 35.3 Å². The van der Waals surface area contributed by atoms with Crippen molar-refractivity contribution in [2.24, 2.45) is 5.73 Å². The molecule has 3 aromatic rings. The molecule has 1 aromatic carbocycles. The van der Waals surface area contributed by atoms with Crippen molar-refractivity contribution in [2.75, 3.05) is 19.5 Å². The zero-order valence-corrected chi connectivity index (χ0v) is 23.6. The minimum absolute atomic E-state index is 0.0570. The summed E-state index contributed by atoms with van der Waals surface area (Å²) >= 11 is 0. The third-order valence-corrected chi connectivity index (χ3v) is 7.76. The van der Waals surface area contributed by atoms with Crippen LogP contribution < -0.4 is 25.8 Å². The number of nitrogens with two attached hydrogens (primary N) is 2. The summed E-state index contributed by atoms with van der Waals surface area (Å²) in [7, 11) is -2.79. The van der Waals surface area contributed by atoms with Crippen molar-refractivity contribution in [1.29, 1.82) is 0 Å². The molecule has 6 atom stereocenters. The predicted octanol–water partition coefficient (Wildman–Crippen LogP) is 1.53. The minimum atomic E-state index is -4.21. The quantitative estimate of drug-likeness (QED) is 0.188. The highest BCUT2D eigenvalue weighted by atomic mass is 31.2. The normalized spacial score (nSPS) is 25.1. The highest BCUT2D eigenvalue weighted by Crippen LogP contribution is 2.47. The van der Waals surface area contributed by atoms with Crippen LogP contribution >= 0.6 is 7.75 Å². The number of nitrogens with one attached hydrogen (secondary N) is 1. The monoisotopic (exact) mass is 579 g/mol. The Hall–Kier alpha value is -3.33. The molecule has 16 heteroatoms. The number of carbonyl (C=O) groups excluding carboxylic acids is 1. The summed E-state index contributed by atoms with van der Waals surface area (Å²) in [5, 5.41) is 13.7. The van der Waals surface area contributed by atoms with E-state index in [4.69, 9.17) is 34.7 Å². The van der Waals surface area contributed by atoms with Crippen LogP contribution in [0.1, 0.15) is 33.9 Å². The molecule has 0 radical (unpaired) electrons. The fraction of sp³-hybridized carbons (Fsp3) is 0.500. The first-order valence-electron chi connectivity index (χ1n) is 12.5. The van der Waals surface area contributed by atoms with E-state index >= 15 is 0 Å². The van der Waals surface area contributed by atoms with Gasteiger partial charge in [-0.15, -0.1) is 0 Å². The largest absolute Gasteiger partial charge is 0.479 e. The SMILES string of the molecule is COc1nc(N)nc2c1ncn2C1OC(COP(=O)(NC(C)C(=O)OC(C)C)Oc2ccccc2)C(O)C1(C)N. The number of para-hydroxylation sites is 1. The van der Waals surface area contributed by atoms with Gasteiger partial charge in [0.1, 0.15) is 24.0 Å². The number of ether oxygens (including phenoxy) is 3. The number of methoxy groups -OCH3 is 1. The van der Waals surface area contributed by atoms with Gasteiger partial charge in [0.25, 0.3) is 0 Å². The molecule has 1 saturated heterocycles. The fourth-order valence-electron chi connectivity index (χ4n) is 4.16. The van der Waals surface area contributed by atoms with Crippen molar-refractivity contribution in [3.05, 3.63) is 36.7 Å². The summed E-state index contributed by atoms with van der Waals surface area (Å²) in [4.78, 5) is 24.9. The molecule has 2 aromatic heterocycles. The second-order valence-corrected chi connectivity index (χ2v) is 11.5. The first kappa shape index (κ1) is 29.6. The van der Waals surface area contributed by atoms with Crippen LogP contribution in [0, 0.1) is 0 Å². The molecule has 1 aliphatic heterocycles. The summed E-state index contributed by atoms with van der Waals surface area (Å²) < 4.78 is 43.2. The maximum absolute atomic E-state index is 13.8. The number of aliphatic hydroxyl groups is 1. The van der Waals surface area contributed by atoms with Crippen molar-refractivity contribution in [1.82, 2.24) is 24.6 Å². The number of rotatable bonds is 11. The van der Waals surface area contributed by atoms with Gasteiger partial charge in [-0.3, -0.25) is 13.9 Å². The summed E-state index contributed by atoms with van der Waals surface area (Å²) in [6.07, 6.45) is -2.30. The van der Waals surface area contributed by atoms with E-state index < -0.39 is 50.3 Å². The van der Waals surface area contributed by atoms with Crippen molar-refractivity contribution >= 4 is 30.8 Å². The number of hydrogen-bond acceptors (Lipinski definition) is 13. The number of anilines is 1. The lowest BCUT2D eigenvalue weighted by Crippen LogP contribution is -2.52. The van der Waals surface area contributed by atoms with Crippen LogP contribution in [0.3, 0.4) is 0 Å². The Kier molecular flexibility index (Phi) is 8.63. The molecular weight excluding hydrogens is 545 g/mol. The maximum atomic E-state index is 13.8. The number of hydrogen-bond donors (Lipinski definition) is 4. The van der Waals surface area contributed by atoms with Gasteiger partial charge >= 0.3 is 13.7 Å². The molecule has 4 rings (SSSR count). The number of aromatic nitrogens is 4. The number of nitrogens with zero attached hydrogens (tertiary/aromatic N) is 4. The zero-order valence-electron chi connectivity index (χ0n) is 22.8. The Labute approximate surface area is 230 Å². The van der Waals surface area contributed by atoms with Crippen LogP contribution in [0.15, 0.2) is 36.7 Å². The van der Waals surface area contributed by atoms with Crippen molar-refractivity contribution < 1.29 is 37.7 Å². The summed E-state index contributed by atoms with van der Waals surface area (Å²) in [6.45, 7) is 6.02. The molecule has 1 aliphatic rings.